The molecule has 7 heteroatoms. The Bertz CT molecular complexity index is 362. The summed E-state index contributed by atoms with van der Waals surface area (Å²) < 4.78 is 0. The summed E-state index contributed by atoms with van der Waals surface area (Å²) in [5.74, 6) is 0.0285. The molecule has 1 fully saturated rings. The van der Waals surface area contributed by atoms with Gasteiger partial charge in [-0.2, -0.15) is 0 Å². The van der Waals surface area contributed by atoms with Crippen molar-refractivity contribution in [1.29, 1.82) is 0 Å². The molecular weight excluding hydrogens is 268 g/mol. The van der Waals surface area contributed by atoms with Crippen LogP contribution in [0.25, 0.3) is 0 Å². The van der Waals surface area contributed by atoms with Crippen LogP contribution >= 0.6 is 11.8 Å². The smallest absolute Gasteiger partial charge is 0.305 e. The molecule has 0 spiro atoms. The fourth-order valence-corrected chi connectivity index (χ4v) is 3.05. The molecule has 0 aromatic rings. The standard InChI is InChI=1S/C12H20N2O4S/c1-3-4-10(15)14-8-19-7-9(14)12(18)13(2)6-5-11(16)17/h9H,3-8H2,1-2H3,(H,16,17). The molecule has 0 aliphatic carbocycles. The molecule has 1 unspecified atom stereocenters. The minimum atomic E-state index is -0.931. The molecule has 0 aromatic heterocycles. The van der Waals surface area contributed by atoms with Crippen molar-refractivity contribution in [3.05, 3.63) is 0 Å². The number of aliphatic carboxylic acids is 1. The van der Waals surface area contributed by atoms with Gasteiger partial charge < -0.3 is 14.9 Å². The molecule has 2 amide bonds. The van der Waals surface area contributed by atoms with Crippen molar-refractivity contribution in [2.45, 2.75) is 32.2 Å². The Kier molecular flexibility index (Phi) is 6.14. The largest absolute Gasteiger partial charge is 0.481 e. The Hall–Kier alpha value is -1.24. The highest BCUT2D eigenvalue weighted by Crippen LogP contribution is 2.23. The first-order valence-corrected chi connectivity index (χ1v) is 7.46. The zero-order chi connectivity index (χ0) is 14.4. The number of carbonyl (C=O) groups excluding carboxylic acids is 2. The van der Waals surface area contributed by atoms with Crippen molar-refractivity contribution in [3.8, 4) is 0 Å². The van der Waals surface area contributed by atoms with Gasteiger partial charge in [0.15, 0.2) is 0 Å². The Morgan fingerprint density at radius 1 is 1.37 bits per heavy atom. The van der Waals surface area contributed by atoms with Crippen molar-refractivity contribution >= 4 is 29.5 Å². The second kappa shape index (κ2) is 7.37. The van der Waals surface area contributed by atoms with E-state index in [0.717, 1.165) is 6.42 Å². The molecule has 1 saturated heterocycles. The van der Waals surface area contributed by atoms with Gasteiger partial charge in [0.05, 0.1) is 12.3 Å². The van der Waals surface area contributed by atoms with Gasteiger partial charge in [-0.05, 0) is 6.42 Å². The molecule has 1 heterocycles. The van der Waals surface area contributed by atoms with Crippen molar-refractivity contribution in [1.82, 2.24) is 9.80 Å². The van der Waals surface area contributed by atoms with Crippen LogP contribution < -0.4 is 0 Å². The zero-order valence-electron chi connectivity index (χ0n) is 11.3. The topological polar surface area (TPSA) is 77.9 Å². The van der Waals surface area contributed by atoms with Gasteiger partial charge in [0.25, 0.3) is 0 Å². The second-order valence-electron chi connectivity index (χ2n) is 4.53. The van der Waals surface area contributed by atoms with Gasteiger partial charge in [0.2, 0.25) is 11.8 Å². The third-order valence-corrected chi connectivity index (χ3v) is 4.00. The molecule has 19 heavy (non-hydrogen) atoms. The van der Waals surface area contributed by atoms with Crippen LogP contribution in [0.3, 0.4) is 0 Å². The average molecular weight is 288 g/mol. The number of likely N-dealkylation sites (N-methyl/N-ethyl adjacent to an activating group) is 1. The number of hydrogen-bond acceptors (Lipinski definition) is 4. The first-order chi connectivity index (χ1) is 8.97. The van der Waals surface area contributed by atoms with E-state index in [1.807, 2.05) is 6.92 Å². The average Bonchev–Trinajstić information content (AvgIpc) is 2.84. The first-order valence-electron chi connectivity index (χ1n) is 6.31. The maximum Gasteiger partial charge on any atom is 0.305 e. The van der Waals surface area contributed by atoms with Gasteiger partial charge in [-0.1, -0.05) is 6.92 Å². The van der Waals surface area contributed by atoms with E-state index in [2.05, 4.69) is 0 Å². The van der Waals surface area contributed by atoms with Crippen LogP contribution in [0.5, 0.6) is 0 Å². The second-order valence-corrected chi connectivity index (χ2v) is 5.53. The normalized spacial score (nSPS) is 18.4. The van der Waals surface area contributed by atoms with E-state index in [4.69, 9.17) is 5.11 Å². The quantitative estimate of drug-likeness (QED) is 0.775. The molecule has 0 bridgehead atoms. The molecule has 1 aliphatic heterocycles. The molecule has 6 nitrogen and oxygen atoms in total. The van der Waals surface area contributed by atoms with Gasteiger partial charge in [0.1, 0.15) is 6.04 Å². The lowest BCUT2D eigenvalue weighted by atomic mass is 10.2. The van der Waals surface area contributed by atoms with Gasteiger partial charge in [-0.25, -0.2) is 0 Å². The highest BCUT2D eigenvalue weighted by Gasteiger charge is 2.35. The lowest BCUT2D eigenvalue weighted by Gasteiger charge is -2.27. The minimum Gasteiger partial charge on any atom is -0.481 e. The maximum absolute atomic E-state index is 12.2. The summed E-state index contributed by atoms with van der Waals surface area (Å²) >= 11 is 1.56. The molecule has 108 valence electrons. The van der Waals surface area contributed by atoms with Crippen LogP contribution in [-0.2, 0) is 14.4 Å². The molecule has 0 radical (unpaired) electrons. The zero-order valence-corrected chi connectivity index (χ0v) is 12.1. The summed E-state index contributed by atoms with van der Waals surface area (Å²) in [7, 11) is 1.58. The van der Waals surface area contributed by atoms with Crippen molar-refractivity contribution < 1.29 is 19.5 Å². The first kappa shape index (κ1) is 15.8. The lowest BCUT2D eigenvalue weighted by Crippen LogP contribution is -2.48. The van der Waals surface area contributed by atoms with E-state index >= 15 is 0 Å². The van der Waals surface area contributed by atoms with E-state index in [-0.39, 0.29) is 24.8 Å². The molecule has 1 atom stereocenters. The predicted molar refractivity (Wildman–Crippen MR) is 72.8 cm³/mol. The Balaban J connectivity index is 2.59. The van der Waals surface area contributed by atoms with E-state index in [0.29, 0.717) is 18.1 Å². The number of nitrogens with zero attached hydrogens (tertiary/aromatic N) is 2. The summed E-state index contributed by atoms with van der Waals surface area (Å²) in [6.07, 6.45) is 1.13. The minimum absolute atomic E-state index is 0.00233. The Morgan fingerprint density at radius 2 is 2.05 bits per heavy atom. The molecular formula is C12H20N2O4S. The monoisotopic (exact) mass is 288 g/mol. The van der Waals surface area contributed by atoms with Gasteiger partial charge >= 0.3 is 5.97 Å². The van der Waals surface area contributed by atoms with Crippen LogP contribution in [-0.4, -0.2) is 64.0 Å². The SMILES string of the molecule is CCCC(=O)N1CSCC1C(=O)N(C)CCC(=O)O. The number of carboxylic acid groups (broad SMARTS) is 1. The maximum atomic E-state index is 12.2. The summed E-state index contributed by atoms with van der Waals surface area (Å²) in [6, 6.07) is -0.442. The fraction of sp³-hybridized carbons (Fsp3) is 0.750. The summed E-state index contributed by atoms with van der Waals surface area (Å²) in [4.78, 5) is 37.6. The lowest BCUT2D eigenvalue weighted by molar-refractivity contribution is -0.144. The molecule has 1 aliphatic rings. The molecule has 0 aromatic carbocycles. The van der Waals surface area contributed by atoms with Crippen molar-refractivity contribution in [2.24, 2.45) is 0 Å². The Morgan fingerprint density at radius 3 is 2.63 bits per heavy atom. The van der Waals surface area contributed by atoms with E-state index in [9.17, 15) is 14.4 Å². The number of thioether (sulfide) groups is 1. The van der Waals surface area contributed by atoms with E-state index in [1.54, 1.807) is 23.7 Å². The fourth-order valence-electron chi connectivity index (χ4n) is 1.88. The summed E-state index contributed by atoms with van der Waals surface area (Å²) in [6.45, 7) is 2.10. The van der Waals surface area contributed by atoms with E-state index < -0.39 is 12.0 Å². The third-order valence-electron chi connectivity index (χ3n) is 2.99. The summed E-state index contributed by atoms with van der Waals surface area (Å²) in [5.41, 5.74) is 0. The van der Waals surface area contributed by atoms with Crippen molar-refractivity contribution in [2.75, 3.05) is 25.2 Å². The highest BCUT2D eigenvalue weighted by atomic mass is 32.2. The van der Waals surface area contributed by atoms with Crippen LogP contribution in [0.1, 0.15) is 26.2 Å². The summed E-state index contributed by atoms with van der Waals surface area (Å²) in [5, 5.41) is 8.61. The molecule has 1 rings (SSSR count). The van der Waals surface area contributed by atoms with Crippen LogP contribution in [0, 0.1) is 0 Å². The molecule has 0 saturated carbocycles. The van der Waals surface area contributed by atoms with E-state index in [1.165, 1.54) is 4.90 Å². The number of amides is 2. The van der Waals surface area contributed by atoms with Crippen LogP contribution in [0.4, 0.5) is 0 Å². The number of carbonyl (C=O) groups is 3. The number of carboxylic acids is 1. The van der Waals surface area contributed by atoms with Crippen molar-refractivity contribution in [3.63, 3.8) is 0 Å². The molecule has 1 N–H and O–H groups in total. The Labute approximate surface area is 117 Å². The number of rotatable bonds is 6. The third kappa shape index (κ3) is 4.41. The van der Waals surface area contributed by atoms with Gasteiger partial charge in [-0.3, -0.25) is 14.4 Å². The van der Waals surface area contributed by atoms with Gasteiger partial charge in [-0.15, -0.1) is 11.8 Å². The number of hydrogen-bond donors (Lipinski definition) is 1. The van der Waals surface area contributed by atoms with Crippen LogP contribution in [0.2, 0.25) is 0 Å². The highest BCUT2D eigenvalue weighted by molar-refractivity contribution is 7.99. The van der Waals surface area contributed by atoms with Gasteiger partial charge in [0, 0.05) is 25.8 Å². The van der Waals surface area contributed by atoms with Crippen LogP contribution in [0.15, 0.2) is 0 Å². The predicted octanol–water partition coefficient (Wildman–Crippen LogP) is 0.621.